The molecule has 1 fully saturated rings. The summed E-state index contributed by atoms with van der Waals surface area (Å²) in [6.07, 6.45) is 3.76. The van der Waals surface area contributed by atoms with Crippen LogP contribution in [0, 0.1) is 0 Å². The van der Waals surface area contributed by atoms with Gasteiger partial charge in [0.2, 0.25) is 5.91 Å². The van der Waals surface area contributed by atoms with E-state index >= 15 is 0 Å². The normalized spacial score (nSPS) is 24.5. The van der Waals surface area contributed by atoms with E-state index in [0.29, 0.717) is 0 Å². The van der Waals surface area contributed by atoms with E-state index in [1.54, 1.807) is 0 Å². The fraction of sp³-hybridized carbons (Fsp3) is 0.727. The molecule has 16 heavy (non-hydrogen) atoms. The van der Waals surface area contributed by atoms with Gasteiger partial charge in [0, 0.05) is 6.92 Å². The van der Waals surface area contributed by atoms with Gasteiger partial charge in [0.15, 0.2) is 6.10 Å². The van der Waals surface area contributed by atoms with Crippen molar-refractivity contribution in [3.8, 4) is 0 Å². The Kier molecular flexibility index (Phi) is 4.95. The molecule has 0 bridgehead atoms. The SMILES string of the molecule is CCCCCC1OC(=O)OC1C=NC(C)=O. The molecule has 5 nitrogen and oxygen atoms in total. The van der Waals surface area contributed by atoms with Gasteiger partial charge in [0.05, 0.1) is 6.21 Å². The van der Waals surface area contributed by atoms with Crippen LogP contribution in [0.3, 0.4) is 0 Å². The van der Waals surface area contributed by atoms with Gasteiger partial charge in [-0.05, 0) is 12.8 Å². The fourth-order valence-corrected chi connectivity index (χ4v) is 1.53. The molecule has 0 radical (unpaired) electrons. The molecule has 0 aromatic rings. The van der Waals surface area contributed by atoms with Crippen molar-refractivity contribution < 1.29 is 19.1 Å². The van der Waals surface area contributed by atoms with E-state index in [1.807, 2.05) is 0 Å². The third kappa shape index (κ3) is 4.00. The number of nitrogens with zero attached hydrogens (tertiary/aromatic N) is 1. The van der Waals surface area contributed by atoms with E-state index in [-0.39, 0.29) is 12.0 Å². The summed E-state index contributed by atoms with van der Waals surface area (Å²) < 4.78 is 9.88. The number of aliphatic imine (C=N–C) groups is 1. The first-order chi connectivity index (χ1) is 7.63. The molecule has 1 saturated heterocycles. The minimum Gasteiger partial charge on any atom is -0.427 e. The Morgan fingerprint density at radius 3 is 2.81 bits per heavy atom. The van der Waals surface area contributed by atoms with E-state index < -0.39 is 12.3 Å². The van der Waals surface area contributed by atoms with Crippen LogP contribution in [0.15, 0.2) is 4.99 Å². The zero-order valence-electron chi connectivity index (χ0n) is 9.64. The summed E-state index contributed by atoms with van der Waals surface area (Å²) in [6.45, 7) is 3.45. The number of carbonyl (C=O) groups excluding carboxylic acids is 2. The number of rotatable bonds is 5. The van der Waals surface area contributed by atoms with E-state index in [2.05, 4.69) is 11.9 Å². The Hall–Kier alpha value is -1.39. The highest BCUT2D eigenvalue weighted by Crippen LogP contribution is 2.19. The molecule has 5 heteroatoms. The second-order valence-corrected chi connectivity index (χ2v) is 3.78. The molecule has 2 unspecified atom stereocenters. The van der Waals surface area contributed by atoms with Crippen LogP contribution in [0.4, 0.5) is 4.79 Å². The van der Waals surface area contributed by atoms with Crippen LogP contribution in [0.25, 0.3) is 0 Å². The molecule has 1 rings (SSSR count). The van der Waals surface area contributed by atoms with Crippen LogP contribution in [-0.4, -0.2) is 30.5 Å². The van der Waals surface area contributed by atoms with Crippen molar-refractivity contribution in [1.82, 2.24) is 0 Å². The summed E-state index contributed by atoms with van der Waals surface area (Å²) in [4.78, 5) is 25.2. The van der Waals surface area contributed by atoms with E-state index in [4.69, 9.17) is 9.47 Å². The summed E-state index contributed by atoms with van der Waals surface area (Å²) in [5.74, 6) is -0.310. The number of amides is 1. The largest absolute Gasteiger partial charge is 0.509 e. The third-order valence-electron chi connectivity index (χ3n) is 2.34. The lowest BCUT2D eigenvalue weighted by atomic mass is 10.1. The lowest BCUT2D eigenvalue weighted by Gasteiger charge is -2.10. The van der Waals surface area contributed by atoms with Crippen molar-refractivity contribution in [2.45, 2.75) is 51.7 Å². The van der Waals surface area contributed by atoms with Crippen molar-refractivity contribution in [1.29, 1.82) is 0 Å². The lowest BCUT2D eigenvalue weighted by Crippen LogP contribution is -2.24. The number of hydrogen-bond acceptors (Lipinski definition) is 4. The second kappa shape index (κ2) is 6.25. The zero-order chi connectivity index (χ0) is 12.0. The molecule has 1 aliphatic heterocycles. The molecule has 1 amide bonds. The molecule has 0 aliphatic carbocycles. The highest BCUT2D eigenvalue weighted by Gasteiger charge is 2.34. The van der Waals surface area contributed by atoms with Crippen LogP contribution >= 0.6 is 0 Å². The minimum absolute atomic E-state index is 0.304. The number of unbranched alkanes of at least 4 members (excludes halogenated alkanes) is 2. The van der Waals surface area contributed by atoms with Crippen molar-refractivity contribution >= 4 is 18.3 Å². The Morgan fingerprint density at radius 2 is 2.19 bits per heavy atom. The second-order valence-electron chi connectivity index (χ2n) is 3.78. The predicted molar refractivity (Wildman–Crippen MR) is 58.5 cm³/mol. The molecule has 0 spiro atoms. The van der Waals surface area contributed by atoms with Crippen LogP contribution in [0.1, 0.15) is 39.5 Å². The quantitative estimate of drug-likeness (QED) is 0.410. The third-order valence-corrected chi connectivity index (χ3v) is 2.34. The maximum atomic E-state index is 11.0. The maximum Gasteiger partial charge on any atom is 0.509 e. The molecule has 0 aromatic carbocycles. The highest BCUT2D eigenvalue weighted by molar-refractivity contribution is 5.86. The number of hydrogen-bond donors (Lipinski definition) is 0. The predicted octanol–water partition coefficient (Wildman–Crippen LogP) is 2.09. The molecule has 0 saturated carbocycles. The molecule has 0 N–H and O–H groups in total. The highest BCUT2D eigenvalue weighted by atomic mass is 16.8. The summed E-state index contributed by atoms with van der Waals surface area (Å²) >= 11 is 0. The van der Waals surface area contributed by atoms with Crippen LogP contribution in [0.2, 0.25) is 0 Å². The van der Waals surface area contributed by atoms with Gasteiger partial charge in [-0.3, -0.25) is 4.79 Å². The Balaban J connectivity index is 2.46. The minimum atomic E-state index is -0.679. The summed E-state index contributed by atoms with van der Waals surface area (Å²) in [7, 11) is 0. The van der Waals surface area contributed by atoms with Crippen LogP contribution in [-0.2, 0) is 14.3 Å². The topological polar surface area (TPSA) is 65.0 Å². The standard InChI is InChI=1S/C11H17NO4/c1-3-4-5-6-9-10(7-12-8(2)13)16-11(14)15-9/h7,9-10H,3-6H2,1-2H3. The fourth-order valence-electron chi connectivity index (χ4n) is 1.53. The van der Waals surface area contributed by atoms with E-state index in [0.717, 1.165) is 25.7 Å². The van der Waals surface area contributed by atoms with Crippen LogP contribution in [0.5, 0.6) is 0 Å². The monoisotopic (exact) mass is 227 g/mol. The van der Waals surface area contributed by atoms with Gasteiger partial charge in [0.25, 0.3) is 0 Å². The summed E-state index contributed by atoms with van der Waals surface area (Å²) in [5, 5.41) is 0. The molecule has 2 atom stereocenters. The van der Waals surface area contributed by atoms with Gasteiger partial charge in [-0.2, -0.15) is 0 Å². The average molecular weight is 227 g/mol. The summed E-state index contributed by atoms with van der Waals surface area (Å²) in [5.41, 5.74) is 0. The van der Waals surface area contributed by atoms with Crippen molar-refractivity contribution in [3.05, 3.63) is 0 Å². The first-order valence-electron chi connectivity index (χ1n) is 5.55. The van der Waals surface area contributed by atoms with Gasteiger partial charge < -0.3 is 9.47 Å². The van der Waals surface area contributed by atoms with E-state index in [9.17, 15) is 9.59 Å². The van der Waals surface area contributed by atoms with Crippen molar-refractivity contribution in [2.75, 3.05) is 0 Å². The van der Waals surface area contributed by atoms with Crippen LogP contribution < -0.4 is 0 Å². The average Bonchev–Trinajstić information content (AvgIpc) is 2.56. The van der Waals surface area contributed by atoms with Gasteiger partial charge in [-0.25, -0.2) is 9.79 Å². The van der Waals surface area contributed by atoms with Crippen molar-refractivity contribution in [2.24, 2.45) is 4.99 Å². The molecule has 1 aliphatic rings. The maximum absolute atomic E-state index is 11.0. The molecule has 0 aromatic heterocycles. The molecule has 1 heterocycles. The molecular weight excluding hydrogens is 210 g/mol. The van der Waals surface area contributed by atoms with Gasteiger partial charge >= 0.3 is 6.16 Å². The first-order valence-corrected chi connectivity index (χ1v) is 5.55. The lowest BCUT2D eigenvalue weighted by molar-refractivity contribution is -0.115. The number of ether oxygens (including phenoxy) is 2. The Morgan fingerprint density at radius 1 is 1.44 bits per heavy atom. The van der Waals surface area contributed by atoms with E-state index in [1.165, 1.54) is 13.1 Å². The number of carbonyl (C=O) groups is 2. The Bertz CT molecular complexity index is 288. The zero-order valence-corrected chi connectivity index (χ0v) is 9.64. The number of cyclic esters (lactones) is 2. The Labute approximate surface area is 94.8 Å². The van der Waals surface area contributed by atoms with Gasteiger partial charge in [-0.1, -0.05) is 19.8 Å². The van der Waals surface area contributed by atoms with Gasteiger partial charge in [0.1, 0.15) is 6.10 Å². The smallest absolute Gasteiger partial charge is 0.427 e. The molecule has 90 valence electrons. The van der Waals surface area contributed by atoms with Crippen molar-refractivity contribution in [3.63, 3.8) is 0 Å². The summed E-state index contributed by atoms with van der Waals surface area (Å²) in [6, 6.07) is 0. The van der Waals surface area contributed by atoms with Gasteiger partial charge in [-0.15, -0.1) is 0 Å². The molecular formula is C11H17NO4. The first kappa shape index (κ1) is 12.7.